The largest absolute Gasteiger partial charge is 0.462 e. The van der Waals surface area contributed by atoms with Crippen LogP contribution in [0.2, 0.25) is 0 Å². The van der Waals surface area contributed by atoms with Gasteiger partial charge in [0.2, 0.25) is 0 Å². The predicted octanol–water partition coefficient (Wildman–Crippen LogP) is 2.29. The Morgan fingerprint density at radius 3 is 2.50 bits per heavy atom. The maximum Gasteiger partial charge on any atom is 0.338 e. The molecule has 1 rings (SSSR count). The van der Waals surface area contributed by atoms with Gasteiger partial charge in [0, 0.05) is 12.2 Å². The van der Waals surface area contributed by atoms with Gasteiger partial charge < -0.3 is 10.5 Å². The molecule has 0 amide bonds. The van der Waals surface area contributed by atoms with E-state index in [1.54, 1.807) is 19.1 Å². The number of hydrogen-bond acceptors (Lipinski definition) is 4. The number of hydrogen-bond donors (Lipinski definition) is 1. The summed E-state index contributed by atoms with van der Waals surface area (Å²) in [4.78, 5) is 13.9. The third-order valence-corrected chi connectivity index (χ3v) is 2.94. The number of esters is 1. The van der Waals surface area contributed by atoms with Crippen molar-refractivity contribution in [2.45, 2.75) is 27.3 Å². The van der Waals surface area contributed by atoms with E-state index in [1.807, 2.05) is 6.07 Å². The third kappa shape index (κ3) is 3.74. The summed E-state index contributed by atoms with van der Waals surface area (Å²) in [5.41, 5.74) is 8.20. The van der Waals surface area contributed by atoms with Crippen molar-refractivity contribution < 1.29 is 9.53 Å². The van der Waals surface area contributed by atoms with Gasteiger partial charge in [0.15, 0.2) is 0 Å². The SMILES string of the molecule is CCOC(=O)c1ccc(N)c(CN(CC)CC)c1. The number of benzene rings is 1. The first kappa shape index (κ1) is 14.5. The Morgan fingerprint density at radius 2 is 1.94 bits per heavy atom. The van der Waals surface area contributed by atoms with Crippen LogP contribution < -0.4 is 5.73 Å². The van der Waals surface area contributed by atoms with Gasteiger partial charge in [0.25, 0.3) is 0 Å². The van der Waals surface area contributed by atoms with Crippen molar-refractivity contribution in [3.8, 4) is 0 Å². The minimum atomic E-state index is -0.293. The summed E-state index contributed by atoms with van der Waals surface area (Å²) in [6.45, 7) is 9.07. The molecule has 0 spiro atoms. The summed E-state index contributed by atoms with van der Waals surface area (Å²) in [7, 11) is 0. The molecule has 1 aromatic carbocycles. The number of nitrogen functional groups attached to an aromatic ring is 1. The first-order valence-corrected chi connectivity index (χ1v) is 6.40. The molecule has 18 heavy (non-hydrogen) atoms. The fraction of sp³-hybridized carbons (Fsp3) is 0.500. The number of nitrogens with zero attached hydrogens (tertiary/aromatic N) is 1. The standard InChI is InChI=1S/C14H22N2O2/c1-4-16(5-2)10-12-9-11(7-8-13(12)15)14(17)18-6-3/h7-9H,4-6,10,15H2,1-3H3. The molecule has 100 valence electrons. The van der Waals surface area contributed by atoms with Crippen molar-refractivity contribution in [2.75, 3.05) is 25.4 Å². The molecular weight excluding hydrogens is 228 g/mol. The third-order valence-electron chi connectivity index (χ3n) is 2.94. The van der Waals surface area contributed by atoms with Crippen LogP contribution in [0.5, 0.6) is 0 Å². The van der Waals surface area contributed by atoms with Gasteiger partial charge in [-0.25, -0.2) is 4.79 Å². The van der Waals surface area contributed by atoms with Gasteiger partial charge in [0.05, 0.1) is 12.2 Å². The molecule has 0 heterocycles. The zero-order valence-corrected chi connectivity index (χ0v) is 11.4. The van der Waals surface area contributed by atoms with Gasteiger partial charge in [0.1, 0.15) is 0 Å². The maximum atomic E-state index is 11.7. The lowest BCUT2D eigenvalue weighted by molar-refractivity contribution is 0.0526. The lowest BCUT2D eigenvalue weighted by atomic mass is 10.1. The fourth-order valence-electron chi connectivity index (χ4n) is 1.77. The van der Waals surface area contributed by atoms with Crippen LogP contribution in [0.1, 0.15) is 36.7 Å². The van der Waals surface area contributed by atoms with Crippen LogP contribution >= 0.6 is 0 Å². The Hall–Kier alpha value is -1.55. The average molecular weight is 250 g/mol. The highest BCUT2D eigenvalue weighted by Crippen LogP contribution is 2.17. The summed E-state index contributed by atoms with van der Waals surface area (Å²) in [6, 6.07) is 5.30. The van der Waals surface area contributed by atoms with Crippen LogP contribution in [0.4, 0.5) is 5.69 Å². The summed E-state index contributed by atoms with van der Waals surface area (Å²) < 4.78 is 4.99. The van der Waals surface area contributed by atoms with Crippen molar-refractivity contribution in [1.82, 2.24) is 4.90 Å². The molecule has 0 aliphatic carbocycles. The zero-order chi connectivity index (χ0) is 13.5. The predicted molar refractivity (Wildman–Crippen MR) is 73.4 cm³/mol. The first-order chi connectivity index (χ1) is 8.62. The van der Waals surface area contributed by atoms with E-state index in [0.29, 0.717) is 12.2 Å². The molecule has 0 aliphatic heterocycles. The van der Waals surface area contributed by atoms with Crippen molar-refractivity contribution >= 4 is 11.7 Å². The number of rotatable bonds is 6. The molecule has 0 saturated heterocycles. The van der Waals surface area contributed by atoms with Crippen molar-refractivity contribution in [3.63, 3.8) is 0 Å². The van der Waals surface area contributed by atoms with Gasteiger partial charge in [-0.15, -0.1) is 0 Å². The van der Waals surface area contributed by atoms with Crippen LogP contribution in [-0.2, 0) is 11.3 Å². The smallest absolute Gasteiger partial charge is 0.338 e. The average Bonchev–Trinajstić information content (AvgIpc) is 2.38. The van der Waals surface area contributed by atoms with E-state index in [4.69, 9.17) is 10.5 Å². The topological polar surface area (TPSA) is 55.6 Å². The number of nitrogens with two attached hydrogens (primary N) is 1. The van der Waals surface area contributed by atoms with Crippen LogP contribution in [0.3, 0.4) is 0 Å². The molecule has 0 saturated carbocycles. The normalized spacial score (nSPS) is 10.7. The number of carbonyl (C=O) groups excluding carboxylic acids is 1. The van der Waals surface area contributed by atoms with Gasteiger partial charge >= 0.3 is 5.97 Å². The molecular formula is C14H22N2O2. The highest BCUT2D eigenvalue weighted by molar-refractivity contribution is 5.90. The Bertz CT molecular complexity index is 401. The lowest BCUT2D eigenvalue weighted by Gasteiger charge is -2.19. The molecule has 0 aromatic heterocycles. The van der Waals surface area contributed by atoms with Crippen LogP contribution in [0.25, 0.3) is 0 Å². The Kier molecular flexibility index (Phi) is 5.65. The Labute approximate surface area is 109 Å². The lowest BCUT2D eigenvalue weighted by Crippen LogP contribution is -2.23. The molecule has 4 nitrogen and oxygen atoms in total. The highest BCUT2D eigenvalue weighted by Gasteiger charge is 2.10. The second kappa shape index (κ2) is 7.01. The molecule has 0 bridgehead atoms. The molecule has 2 N–H and O–H groups in total. The van der Waals surface area contributed by atoms with Gasteiger partial charge in [-0.2, -0.15) is 0 Å². The van der Waals surface area contributed by atoms with E-state index >= 15 is 0 Å². The molecule has 0 radical (unpaired) electrons. The Morgan fingerprint density at radius 1 is 1.28 bits per heavy atom. The zero-order valence-electron chi connectivity index (χ0n) is 11.4. The van der Waals surface area contributed by atoms with Gasteiger partial charge in [-0.3, -0.25) is 4.90 Å². The minimum Gasteiger partial charge on any atom is -0.462 e. The monoisotopic (exact) mass is 250 g/mol. The van der Waals surface area contributed by atoms with E-state index in [9.17, 15) is 4.79 Å². The van der Waals surface area contributed by atoms with E-state index in [2.05, 4.69) is 18.7 Å². The quantitative estimate of drug-likeness (QED) is 0.621. The van der Waals surface area contributed by atoms with E-state index < -0.39 is 0 Å². The number of anilines is 1. The van der Waals surface area contributed by atoms with Gasteiger partial charge in [-0.05, 0) is 43.8 Å². The molecule has 1 aromatic rings. The summed E-state index contributed by atoms with van der Waals surface area (Å²) in [6.07, 6.45) is 0. The van der Waals surface area contributed by atoms with Crippen molar-refractivity contribution in [3.05, 3.63) is 29.3 Å². The minimum absolute atomic E-state index is 0.293. The first-order valence-electron chi connectivity index (χ1n) is 6.40. The van der Waals surface area contributed by atoms with Crippen LogP contribution in [0, 0.1) is 0 Å². The van der Waals surface area contributed by atoms with E-state index in [-0.39, 0.29) is 5.97 Å². The summed E-state index contributed by atoms with van der Waals surface area (Å²) >= 11 is 0. The molecule has 0 fully saturated rings. The summed E-state index contributed by atoms with van der Waals surface area (Å²) in [5, 5.41) is 0. The molecule has 0 unspecified atom stereocenters. The maximum absolute atomic E-state index is 11.7. The second-order valence-electron chi connectivity index (χ2n) is 4.10. The van der Waals surface area contributed by atoms with Crippen LogP contribution in [0.15, 0.2) is 18.2 Å². The molecule has 0 atom stereocenters. The number of carbonyl (C=O) groups is 1. The van der Waals surface area contributed by atoms with E-state index in [1.165, 1.54) is 0 Å². The Balaban J connectivity index is 2.90. The van der Waals surface area contributed by atoms with E-state index in [0.717, 1.165) is 30.9 Å². The van der Waals surface area contributed by atoms with Crippen molar-refractivity contribution in [2.24, 2.45) is 0 Å². The van der Waals surface area contributed by atoms with Gasteiger partial charge in [-0.1, -0.05) is 13.8 Å². The van der Waals surface area contributed by atoms with Crippen molar-refractivity contribution in [1.29, 1.82) is 0 Å². The fourth-order valence-corrected chi connectivity index (χ4v) is 1.77. The van der Waals surface area contributed by atoms with Crippen LogP contribution in [-0.4, -0.2) is 30.6 Å². The number of ether oxygens (including phenoxy) is 1. The molecule has 0 aliphatic rings. The molecule has 4 heteroatoms. The second-order valence-corrected chi connectivity index (χ2v) is 4.10. The highest BCUT2D eigenvalue weighted by atomic mass is 16.5. The summed E-state index contributed by atoms with van der Waals surface area (Å²) in [5.74, 6) is -0.293.